The molecule has 0 spiro atoms. The van der Waals surface area contributed by atoms with Gasteiger partial charge in [-0.25, -0.2) is 9.59 Å². The minimum atomic E-state index is -0.909. The number of nitrogens with zero attached hydrogens (tertiary/aromatic N) is 2. The van der Waals surface area contributed by atoms with Crippen molar-refractivity contribution < 1.29 is 19.1 Å². The van der Waals surface area contributed by atoms with Crippen molar-refractivity contribution in [2.45, 2.75) is 0 Å². The molecule has 0 unspecified atom stereocenters. The molecule has 0 aliphatic carbocycles. The monoisotopic (exact) mass is 261 g/mol. The molecule has 0 heterocycles. The second kappa shape index (κ2) is 6.76. The molecule has 0 aliphatic rings. The lowest BCUT2D eigenvalue weighted by atomic mass is 10.2. The van der Waals surface area contributed by atoms with E-state index >= 15 is 0 Å². The summed E-state index contributed by atoms with van der Waals surface area (Å²) in [4.78, 5) is 22.6. The third-order valence-corrected chi connectivity index (χ3v) is 2.07. The van der Waals surface area contributed by atoms with Gasteiger partial charge in [-0.15, -0.1) is 0 Å². The molecule has 1 rings (SSSR count). The Kier molecular flexibility index (Phi) is 5.04. The van der Waals surface area contributed by atoms with E-state index in [1.54, 1.807) is 24.3 Å². The zero-order valence-electron chi connectivity index (χ0n) is 10.3. The van der Waals surface area contributed by atoms with E-state index < -0.39 is 17.7 Å². The fourth-order valence-corrected chi connectivity index (χ4v) is 1.11. The van der Waals surface area contributed by atoms with Gasteiger partial charge >= 0.3 is 11.9 Å². The third kappa shape index (κ3) is 3.81. The van der Waals surface area contributed by atoms with Crippen LogP contribution in [0.2, 0.25) is 0 Å². The largest absolute Gasteiger partial charge is 0.464 e. The van der Waals surface area contributed by atoms with E-state index in [4.69, 9.17) is 5.26 Å². The van der Waals surface area contributed by atoms with Crippen molar-refractivity contribution in [1.82, 2.24) is 0 Å². The zero-order chi connectivity index (χ0) is 14.3. The number of carbonyl (C=O) groups is 2. The predicted molar refractivity (Wildman–Crippen MR) is 66.2 cm³/mol. The van der Waals surface area contributed by atoms with Crippen LogP contribution in [0.25, 0.3) is 0 Å². The normalized spacial score (nSPS) is 8.89. The standard InChI is InChI=1S/C12H11N3O4/c1-18-11(16)10(12(17)19-2)15-14-9-5-3-8(7-13)4-6-9/h3-6,14H,1-2H3. The molecule has 7 nitrogen and oxygen atoms in total. The van der Waals surface area contributed by atoms with Crippen LogP contribution in [0.1, 0.15) is 5.56 Å². The topological polar surface area (TPSA) is 101 Å². The number of rotatable bonds is 4. The Labute approximate surface area is 109 Å². The van der Waals surface area contributed by atoms with Crippen molar-refractivity contribution in [3.8, 4) is 6.07 Å². The highest BCUT2D eigenvalue weighted by atomic mass is 16.5. The molecule has 0 saturated heterocycles. The number of benzene rings is 1. The highest BCUT2D eigenvalue weighted by Crippen LogP contribution is 2.08. The second-order valence-electron chi connectivity index (χ2n) is 3.24. The van der Waals surface area contributed by atoms with Crippen LogP contribution in [0, 0.1) is 11.3 Å². The Bertz CT molecular complexity index is 525. The lowest BCUT2D eigenvalue weighted by Gasteiger charge is -2.04. The molecule has 0 amide bonds. The maximum atomic E-state index is 11.3. The van der Waals surface area contributed by atoms with Crippen LogP contribution in [0.3, 0.4) is 0 Å². The molecule has 0 aliphatic heterocycles. The highest BCUT2D eigenvalue weighted by Gasteiger charge is 2.22. The van der Waals surface area contributed by atoms with Crippen molar-refractivity contribution in [1.29, 1.82) is 5.26 Å². The number of methoxy groups -OCH3 is 2. The summed E-state index contributed by atoms with van der Waals surface area (Å²) < 4.78 is 8.81. The van der Waals surface area contributed by atoms with Gasteiger partial charge in [0, 0.05) is 0 Å². The van der Waals surface area contributed by atoms with Gasteiger partial charge in [0.15, 0.2) is 0 Å². The first kappa shape index (κ1) is 14.2. The van der Waals surface area contributed by atoms with Crippen LogP contribution >= 0.6 is 0 Å². The number of anilines is 1. The molecular formula is C12H11N3O4. The van der Waals surface area contributed by atoms with Gasteiger partial charge in [-0.1, -0.05) is 0 Å². The van der Waals surface area contributed by atoms with Crippen molar-refractivity contribution >= 4 is 23.3 Å². The van der Waals surface area contributed by atoms with Gasteiger partial charge in [-0.05, 0) is 24.3 Å². The lowest BCUT2D eigenvalue weighted by Crippen LogP contribution is -2.27. The van der Waals surface area contributed by atoms with Crippen LogP contribution in [-0.2, 0) is 19.1 Å². The maximum Gasteiger partial charge on any atom is 0.366 e. The summed E-state index contributed by atoms with van der Waals surface area (Å²) in [5.41, 5.74) is 2.98. The number of carbonyl (C=O) groups excluding carboxylic acids is 2. The number of esters is 2. The van der Waals surface area contributed by atoms with Crippen LogP contribution in [0.5, 0.6) is 0 Å². The fourth-order valence-electron chi connectivity index (χ4n) is 1.11. The third-order valence-electron chi connectivity index (χ3n) is 2.07. The van der Waals surface area contributed by atoms with Gasteiger partial charge in [0.2, 0.25) is 0 Å². The number of nitrogens with one attached hydrogen (secondary N) is 1. The molecule has 0 fully saturated rings. The number of hydrazone groups is 1. The Morgan fingerprint density at radius 1 is 1.16 bits per heavy atom. The zero-order valence-corrected chi connectivity index (χ0v) is 10.3. The van der Waals surface area contributed by atoms with Crippen LogP contribution in [0.15, 0.2) is 29.4 Å². The Morgan fingerprint density at radius 2 is 1.68 bits per heavy atom. The van der Waals surface area contributed by atoms with Gasteiger partial charge in [0.25, 0.3) is 5.71 Å². The maximum absolute atomic E-state index is 11.3. The number of hydrogen-bond acceptors (Lipinski definition) is 7. The van der Waals surface area contributed by atoms with Crippen LogP contribution in [0.4, 0.5) is 5.69 Å². The van der Waals surface area contributed by atoms with E-state index in [1.165, 1.54) is 0 Å². The van der Waals surface area contributed by atoms with Crippen LogP contribution < -0.4 is 5.43 Å². The lowest BCUT2D eigenvalue weighted by molar-refractivity contribution is -0.138. The molecular weight excluding hydrogens is 250 g/mol. The molecule has 1 N–H and O–H groups in total. The van der Waals surface area contributed by atoms with E-state index in [2.05, 4.69) is 20.0 Å². The number of ether oxygens (including phenoxy) is 2. The van der Waals surface area contributed by atoms with E-state index in [0.717, 1.165) is 14.2 Å². The average Bonchev–Trinajstić information content (AvgIpc) is 2.47. The molecule has 0 aromatic heterocycles. The fraction of sp³-hybridized carbons (Fsp3) is 0.167. The first-order valence-electron chi connectivity index (χ1n) is 5.13. The van der Waals surface area contributed by atoms with Gasteiger partial charge in [-0.3, -0.25) is 5.43 Å². The molecule has 1 aromatic rings. The Balaban J connectivity index is 2.88. The average molecular weight is 261 g/mol. The Hall–Kier alpha value is -2.88. The molecule has 1 aromatic carbocycles. The molecule has 0 bridgehead atoms. The van der Waals surface area contributed by atoms with Gasteiger partial charge < -0.3 is 9.47 Å². The van der Waals surface area contributed by atoms with Gasteiger partial charge in [-0.2, -0.15) is 10.4 Å². The summed E-state index contributed by atoms with van der Waals surface area (Å²) in [6.07, 6.45) is 0. The van der Waals surface area contributed by atoms with Crippen molar-refractivity contribution in [3.05, 3.63) is 29.8 Å². The van der Waals surface area contributed by atoms with Gasteiger partial charge in [0.1, 0.15) is 0 Å². The molecule has 19 heavy (non-hydrogen) atoms. The van der Waals surface area contributed by atoms with E-state index in [0.29, 0.717) is 11.3 Å². The number of nitriles is 1. The summed E-state index contributed by atoms with van der Waals surface area (Å²) in [5, 5.41) is 12.3. The quantitative estimate of drug-likeness (QED) is 0.370. The molecule has 98 valence electrons. The highest BCUT2D eigenvalue weighted by molar-refractivity contribution is 6.62. The smallest absolute Gasteiger partial charge is 0.366 e. The summed E-state index contributed by atoms with van der Waals surface area (Å²) >= 11 is 0. The van der Waals surface area contributed by atoms with Crippen molar-refractivity contribution in [2.75, 3.05) is 19.6 Å². The van der Waals surface area contributed by atoms with Crippen molar-refractivity contribution in [2.24, 2.45) is 5.10 Å². The minimum Gasteiger partial charge on any atom is -0.464 e. The summed E-state index contributed by atoms with van der Waals surface area (Å²) in [5.74, 6) is -1.82. The Morgan fingerprint density at radius 3 is 2.11 bits per heavy atom. The first-order chi connectivity index (χ1) is 9.12. The predicted octanol–water partition coefficient (Wildman–Crippen LogP) is 0.672. The summed E-state index contributed by atoms with van der Waals surface area (Å²) in [6.45, 7) is 0. The van der Waals surface area contributed by atoms with Crippen LogP contribution in [-0.4, -0.2) is 31.9 Å². The second-order valence-corrected chi connectivity index (χ2v) is 3.24. The summed E-state index contributed by atoms with van der Waals surface area (Å²) in [7, 11) is 2.25. The van der Waals surface area contributed by atoms with E-state index in [1.807, 2.05) is 6.07 Å². The van der Waals surface area contributed by atoms with Crippen molar-refractivity contribution in [3.63, 3.8) is 0 Å². The minimum absolute atomic E-state index is 0.482. The van der Waals surface area contributed by atoms with E-state index in [9.17, 15) is 9.59 Å². The van der Waals surface area contributed by atoms with E-state index in [-0.39, 0.29) is 0 Å². The SMILES string of the molecule is COC(=O)C(=NNc1ccc(C#N)cc1)C(=O)OC. The summed E-state index contributed by atoms with van der Waals surface area (Å²) in [6, 6.07) is 8.24. The molecule has 0 radical (unpaired) electrons. The molecule has 0 saturated carbocycles. The number of hydrogen-bond donors (Lipinski definition) is 1. The molecule has 0 atom stereocenters. The van der Waals surface area contributed by atoms with Gasteiger partial charge in [0.05, 0.1) is 31.5 Å². The first-order valence-corrected chi connectivity index (χ1v) is 5.13. The molecule has 7 heteroatoms.